The van der Waals surface area contributed by atoms with E-state index in [1.165, 1.54) is 12.8 Å². The molecule has 0 spiro atoms. The summed E-state index contributed by atoms with van der Waals surface area (Å²) in [5, 5.41) is 3.95. The molecule has 0 amide bonds. The number of halogens is 3. The quantitative estimate of drug-likeness (QED) is 0.856. The van der Waals surface area contributed by atoms with Crippen LogP contribution in [0, 0.1) is 0 Å². The third-order valence-electron chi connectivity index (χ3n) is 3.03. The van der Waals surface area contributed by atoms with Gasteiger partial charge in [-0.05, 0) is 30.5 Å². The zero-order valence-corrected chi connectivity index (χ0v) is 11.1. The molecule has 18 heavy (non-hydrogen) atoms. The van der Waals surface area contributed by atoms with Gasteiger partial charge in [-0.15, -0.1) is 0 Å². The lowest BCUT2D eigenvalue weighted by molar-refractivity contribution is 0.156. The SMILES string of the molecule is CN(CC(F)F)c1cc(Cl)ccc1CNC1CC1. The highest BCUT2D eigenvalue weighted by molar-refractivity contribution is 6.30. The Labute approximate surface area is 111 Å². The Kier molecular flexibility index (Phi) is 4.40. The molecule has 0 aromatic heterocycles. The average molecular weight is 275 g/mol. The standard InChI is InChI=1S/C13H17ClF2N2/c1-18(8-13(15)16)12-6-10(14)3-2-9(12)7-17-11-4-5-11/h2-3,6,11,13,17H,4-5,7-8H2,1H3. The van der Waals surface area contributed by atoms with E-state index in [4.69, 9.17) is 11.6 Å². The topological polar surface area (TPSA) is 15.3 Å². The highest BCUT2D eigenvalue weighted by atomic mass is 35.5. The number of benzene rings is 1. The maximum atomic E-state index is 12.4. The van der Waals surface area contributed by atoms with Gasteiger partial charge in [0.2, 0.25) is 0 Å². The van der Waals surface area contributed by atoms with Gasteiger partial charge in [0.1, 0.15) is 0 Å². The van der Waals surface area contributed by atoms with Crippen LogP contribution < -0.4 is 10.2 Å². The maximum absolute atomic E-state index is 12.4. The molecule has 0 atom stereocenters. The van der Waals surface area contributed by atoms with Crippen LogP contribution in [0.25, 0.3) is 0 Å². The van der Waals surface area contributed by atoms with Crippen molar-refractivity contribution in [2.75, 3.05) is 18.5 Å². The molecule has 100 valence electrons. The van der Waals surface area contributed by atoms with Gasteiger partial charge in [0, 0.05) is 30.3 Å². The van der Waals surface area contributed by atoms with Crippen LogP contribution in [0.2, 0.25) is 5.02 Å². The highest BCUT2D eigenvalue weighted by Crippen LogP contribution is 2.26. The first-order chi connectivity index (χ1) is 8.56. The van der Waals surface area contributed by atoms with E-state index in [1.807, 2.05) is 6.07 Å². The van der Waals surface area contributed by atoms with Crippen molar-refractivity contribution < 1.29 is 8.78 Å². The Bertz CT molecular complexity index is 408. The summed E-state index contributed by atoms with van der Waals surface area (Å²) in [7, 11) is 1.67. The zero-order valence-electron chi connectivity index (χ0n) is 10.3. The van der Waals surface area contributed by atoms with E-state index in [9.17, 15) is 8.78 Å². The number of nitrogens with one attached hydrogen (secondary N) is 1. The predicted octanol–water partition coefficient (Wildman–Crippen LogP) is 3.29. The Morgan fingerprint density at radius 2 is 2.17 bits per heavy atom. The molecular weight excluding hydrogens is 258 g/mol. The number of hydrogen-bond acceptors (Lipinski definition) is 2. The van der Waals surface area contributed by atoms with Crippen molar-refractivity contribution in [1.82, 2.24) is 5.32 Å². The minimum absolute atomic E-state index is 0.281. The number of nitrogens with zero attached hydrogens (tertiary/aromatic N) is 1. The van der Waals surface area contributed by atoms with E-state index in [2.05, 4.69) is 5.32 Å². The molecule has 1 aromatic carbocycles. The smallest absolute Gasteiger partial charge is 0.255 e. The minimum atomic E-state index is -2.35. The normalized spacial score (nSPS) is 15.2. The number of hydrogen-bond donors (Lipinski definition) is 1. The van der Waals surface area contributed by atoms with Crippen LogP contribution in [-0.2, 0) is 6.54 Å². The molecule has 1 aliphatic carbocycles. The van der Waals surface area contributed by atoms with Crippen LogP contribution in [0.4, 0.5) is 14.5 Å². The molecule has 1 fully saturated rings. The van der Waals surface area contributed by atoms with Crippen LogP contribution in [0.1, 0.15) is 18.4 Å². The van der Waals surface area contributed by atoms with Crippen LogP contribution in [-0.4, -0.2) is 26.1 Å². The van der Waals surface area contributed by atoms with E-state index in [1.54, 1.807) is 24.1 Å². The molecule has 2 nitrogen and oxygen atoms in total. The fraction of sp³-hybridized carbons (Fsp3) is 0.538. The van der Waals surface area contributed by atoms with Gasteiger partial charge in [0.15, 0.2) is 0 Å². The van der Waals surface area contributed by atoms with Crippen molar-refractivity contribution in [3.63, 3.8) is 0 Å². The Balaban J connectivity index is 2.10. The molecule has 1 aliphatic rings. The fourth-order valence-corrected chi connectivity index (χ4v) is 2.06. The molecule has 0 unspecified atom stereocenters. The lowest BCUT2D eigenvalue weighted by atomic mass is 10.1. The first-order valence-electron chi connectivity index (χ1n) is 6.07. The van der Waals surface area contributed by atoms with Gasteiger partial charge in [-0.25, -0.2) is 8.78 Å². The third-order valence-corrected chi connectivity index (χ3v) is 3.26. The first-order valence-corrected chi connectivity index (χ1v) is 6.45. The number of alkyl halides is 2. The van der Waals surface area contributed by atoms with E-state index < -0.39 is 6.43 Å². The van der Waals surface area contributed by atoms with Gasteiger partial charge in [0.05, 0.1) is 6.54 Å². The van der Waals surface area contributed by atoms with Crippen LogP contribution in [0.15, 0.2) is 18.2 Å². The van der Waals surface area contributed by atoms with Gasteiger partial charge in [-0.2, -0.15) is 0 Å². The fourth-order valence-electron chi connectivity index (χ4n) is 1.89. The van der Waals surface area contributed by atoms with Gasteiger partial charge < -0.3 is 10.2 Å². The minimum Gasteiger partial charge on any atom is -0.369 e. The Hall–Kier alpha value is -0.870. The molecule has 0 aliphatic heterocycles. The van der Waals surface area contributed by atoms with Crippen molar-refractivity contribution in [2.45, 2.75) is 31.9 Å². The molecule has 5 heteroatoms. The van der Waals surface area contributed by atoms with E-state index in [0.717, 1.165) is 11.3 Å². The number of anilines is 1. The Morgan fingerprint density at radius 1 is 1.44 bits per heavy atom. The van der Waals surface area contributed by atoms with E-state index >= 15 is 0 Å². The molecule has 0 radical (unpaired) electrons. The van der Waals surface area contributed by atoms with Gasteiger partial charge in [0.25, 0.3) is 6.43 Å². The van der Waals surface area contributed by atoms with Gasteiger partial charge in [-0.3, -0.25) is 0 Å². The second-order valence-electron chi connectivity index (χ2n) is 4.70. The molecule has 1 saturated carbocycles. The zero-order chi connectivity index (χ0) is 13.1. The van der Waals surface area contributed by atoms with Crippen LogP contribution in [0.5, 0.6) is 0 Å². The summed E-state index contributed by atoms with van der Waals surface area (Å²) in [6.07, 6.45) is 0.0595. The second-order valence-corrected chi connectivity index (χ2v) is 5.14. The van der Waals surface area contributed by atoms with E-state index in [-0.39, 0.29) is 6.54 Å². The third kappa shape index (κ3) is 3.82. The molecule has 1 aromatic rings. The average Bonchev–Trinajstić information content (AvgIpc) is 3.10. The number of rotatable bonds is 6. The molecular formula is C13H17ClF2N2. The van der Waals surface area contributed by atoms with Crippen molar-refractivity contribution in [1.29, 1.82) is 0 Å². The Morgan fingerprint density at radius 3 is 2.78 bits per heavy atom. The molecule has 0 bridgehead atoms. The van der Waals surface area contributed by atoms with Crippen molar-refractivity contribution in [3.05, 3.63) is 28.8 Å². The lowest BCUT2D eigenvalue weighted by Crippen LogP contribution is -2.26. The summed E-state index contributed by atoms with van der Waals surface area (Å²) in [6, 6.07) is 6.03. The highest BCUT2D eigenvalue weighted by Gasteiger charge is 2.21. The van der Waals surface area contributed by atoms with Gasteiger partial charge in [-0.1, -0.05) is 17.7 Å². The summed E-state index contributed by atoms with van der Waals surface area (Å²) in [4.78, 5) is 1.56. The molecule has 1 N–H and O–H groups in total. The van der Waals surface area contributed by atoms with Crippen LogP contribution in [0.3, 0.4) is 0 Å². The molecule has 0 heterocycles. The summed E-state index contributed by atoms with van der Waals surface area (Å²) in [5.74, 6) is 0. The molecule has 0 saturated heterocycles. The van der Waals surface area contributed by atoms with Crippen molar-refractivity contribution in [3.8, 4) is 0 Å². The summed E-state index contributed by atoms with van der Waals surface area (Å²) in [6.45, 7) is 0.418. The first kappa shape index (κ1) is 13.6. The molecule has 2 rings (SSSR count). The summed E-state index contributed by atoms with van der Waals surface area (Å²) < 4.78 is 24.9. The summed E-state index contributed by atoms with van der Waals surface area (Å²) in [5.41, 5.74) is 1.78. The van der Waals surface area contributed by atoms with Crippen molar-refractivity contribution >= 4 is 17.3 Å². The van der Waals surface area contributed by atoms with Crippen LogP contribution >= 0.6 is 11.6 Å². The van der Waals surface area contributed by atoms with E-state index in [0.29, 0.717) is 17.6 Å². The predicted molar refractivity (Wildman–Crippen MR) is 70.6 cm³/mol. The summed E-state index contributed by atoms with van der Waals surface area (Å²) >= 11 is 5.94. The largest absolute Gasteiger partial charge is 0.369 e. The monoisotopic (exact) mass is 274 g/mol. The lowest BCUT2D eigenvalue weighted by Gasteiger charge is -2.22. The maximum Gasteiger partial charge on any atom is 0.255 e. The second kappa shape index (κ2) is 5.85. The van der Waals surface area contributed by atoms with Crippen molar-refractivity contribution in [2.24, 2.45) is 0 Å². The van der Waals surface area contributed by atoms with Gasteiger partial charge >= 0.3 is 0 Å².